The molecule has 0 saturated carbocycles. The zero-order valence-electron chi connectivity index (χ0n) is 16.3. The molecule has 1 aliphatic heterocycles. The van der Waals surface area contributed by atoms with Gasteiger partial charge in [0.2, 0.25) is 5.90 Å². The molecular formula is C23H14Cl2N2O5. The summed E-state index contributed by atoms with van der Waals surface area (Å²) in [6, 6.07) is 18.1. The first-order chi connectivity index (χ1) is 15.4. The molecule has 0 aliphatic carbocycles. The molecular weight excluding hydrogens is 455 g/mol. The summed E-state index contributed by atoms with van der Waals surface area (Å²) in [6.07, 6.45) is 1.55. The minimum absolute atomic E-state index is 0.0145. The van der Waals surface area contributed by atoms with Gasteiger partial charge in [0.1, 0.15) is 12.4 Å². The van der Waals surface area contributed by atoms with E-state index >= 15 is 0 Å². The molecule has 0 amide bonds. The third-order valence-corrected chi connectivity index (χ3v) is 5.25. The maximum Gasteiger partial charge on any atom is 0.363 e. The Hall–Kier alpha value is -3.68. The lowest BCUT2D eigenvalue weighted by molar-refractivity contribution is -0.384. The summed E-state index contributed by atoms with van der Waals surface area (Å²) < 4.78 is 11.1. The monoisotopic (exact) mass is 468 g/mol. The first-order valence-electron chi connectivity index (χ1n) is 9.34. The first kappa shape index (κ1) is 21.5. The molecule has 0 N–H and O–H groups in total. The van der Waals surface area contributed by atoms with Crippen LogP contribution >= 0.6 is 23.2 Å². The Balaban J connectivity index is 1.57. The van der Waals surface area contributed by atoms with Crippen molar-refractivity contribution in [3.05, 3.63) is 109 Å². The zero-order valence-corrected chi connectivity index (χ0v) is 17.8. The SMILES string of the molecule is O=C1OC(c2ccc(Cl)c(Cl)c2)=N/C1=C\c1ccccc1OCc1cccc([N+](=O)[O-])c1. The Kier molecular flexibility index (Phi) is 6.20. The number of esters is 1. The standard InChI is InChI=1S/C23H14Cl2N2O5/c24-18-9-8-16(11-19(18)25)22-26-20(23(28)32-22)12-15-5-1-2-7-21(15)31-13-14-4-3-6-17(10-14)27(29)30/h1-12H,13H2/b20-12-. The summed E-state index contributed by atoms with van der Waals surface area (Å²) in [4.78, 5) is 27.1. The fourth-order valence-electron chi connectivity index (χ4n) is 2.96. The number of hydrogen-bond acceptors (Lipinski definition) is 6. The number of aliphatic imine (C=N–C) groups is 1. The molecule has 0 aromatic heterocycles. The molecule has 0 radical (unpaired) electrons. The van der Waals surface area contributed by atoms with Crippen molar-refractivity contribution in [1.82, 2.24) is 0 Å². The highest BCUT2D eigenvalue weighted by Gasteiger charge is 2.25. The molecule has 9 heteroatoms. The molecule has 0 saturated heterocycles. The summed E-state index contributed by atoms with van der Waals surface area (Å²) in [5.41, 5.74) is 1.84. The van der Waals surface area contributed by atoms with Gasteiger partial charge in [-0.3, -0.25) is 10.1 Å². The highest BCUT2D eigenvalue weighted by molar-refractivity contribution is 6.42. The topological polar surface area (TPSA) is 91.0 Å². The maximum absolute atomic E-state index is 12.3. The normalized spacial score (nSPS) is 14.2. The van der Waals surface area contributed by atoms with Crippen LogP contribution in [0.5, 0.6) is 5.75 Å². The number of rotatable bonds is 6. The number of para-hydroxylation sites is 1. The quantitative estimate of drug-likeness (QED) is 0.196. The van der Waals surface area contributed by atoms with Gasteiger partial charge in [0.05, 0.1) is 15.0 Å². The summed E-state index contributed by atoms with van der Waals surface area (Å²) in [7, 11) is 0. The van der Waals surface area contributed by atoms with Gasteiger partial charge in [0.25, 0.3) is 5.69 Å². The minimum atomic E-state index is -0.612. The Bertz CT molecular complexity index is 1290. The summed E-state index contributed by atoms with van der Waals surface area (Å²) in [5, 5.41) is 11.7. The van der Waals surface area contributed by atoms with Crippen molar-refractivity contribution in [3.8, 4) is 5.75 Å². The molecule has 0 unspecified atom stereocenters. The van der Waals surface area contributed by atoms with E-state index in [2.05, 4.69) is 4.99 Å². The van der Waals surface area contributed by atoms with E-state index in [4.69, 9.17) is 32.7 Å². The molecule has 0 atom stereocenters. The number of halogens is 2. The second kappa shape index (κ2) is 9.21. The van der Waals surface area contributed by atoms with Crippen molar-refractivity contribution in [3.63, 3.8) is 0 Å². The van der Waals surface area contributed by atoms with Gasteiger partial charge >= 0.3 is 5.97 Å². The van der Waals surface area contributed by atoms with Crippen molar-refractivity contribution in [2.24, 2.45) is 4.99 Å². The Morgan fingerprint density at radius 3 is 2.62 bits per heavy atom. The molecule has 0 spiro atoms. The fraction of sp³-hybridized carbons (Fsp3) is 0.0435. The fourth-order valence-corrected chi connectivity index (χ4v) is 3.26. The number of benzene rings is 3. The second-order valence-electron chi connectivity index (χ2n) is 6.72. The van der Waals surface area contributed by atoms with Gasteiger partial charge in [-0.25, -0.2) is 9.79 Å². The lowest BCUT2D eigenvalue weighted by atomic mass is 10.1. The van der Waals surface area contributed by atoms with Gasteiger partial charge in [-0.05, 0) is 35.9 Å². The van der Waals surface area contributed by atoms with E-state index in [0.29, 0.717) is 32.5 Å². The van der Waals surface area contributed by atoms with Crippen LogP contribution in [0.15, 0.2) is 77.4 Å². The molecule has 0 bridgehead atoms. The second-order valence-corrected chi connectivity index (χ2v) is 7.53. The van der Waals surface area contributed by atoms with Crippen molar-refractivity contribution in [1.29, 1.82) is 0 Å². The molecule has 4 rings (SSSR count). The lowest BCUT2D eigenvalue weighted by Gasteiger charge is -2.09. The van der Waals surface area contributed by atoms with Crippen molar-refractivity contribution >= 4 is 46.8 Å². The van der Waals surface area contributed by atoms with E-state index in [0.717, 1.165) is 0 Å². The zero-order chi connectivity index (χ0) is 22.7. The van der Waals surface area contributed by atoms with Gasteiger partial charge in [-0.15, -0.1) is 0 Å². The van der Waals surface area contributed by atoms with Crippen LogP contribution in [0.2, 0.25) is 10.0 Å². The number of carbonyl (C=O) groups excluding carboxylic acids is 1. The average molecular weight is 469 g/mol. The third-order valence-electron chi connectivity index (χ3n) is 4.51. The molecule has 0 fully saturated rings. The number of nitro groups is 1. The van der Waals surface area contributed by atoms with Gasteiger partial charge in [-0.2, -0.15) is 0 Å². The van der Waals surface area contributed by atoms with Crippen molar-refractivity contribution < 1.29 is 19.2 Å². The molecule has 7 nitrogen and oxygen atoms in total. The van der Waals surface area contributed by atoms with E-state index < -0.39 is 10.9 Å². The first-order valence-corrected chi connectivity index (χ1v) is 10.1. The largest absolute Gasteiger partial charge is 0.488 e. The van der Waals surface area contributed by atoms with Gasteiger partial charge in [0.15, 0.2) is 5.70 Å². The highest BCUT2D eigenvalue weighted by atomic mass is 35.5. The number of hydrogen-bond donors (Lipinski definition) is 0. The van der Waals surface area contributed by atoms with E-state index in [1.165, 1.54) is 12.1 Å². The number of nitro benzene ring substituents is 1. The predicted octanol–water partition coefficient (Wildman–Crippen LogP) is 5.83. The smallest absolute Gasteiger partial charge is 0.363 e. The predicted molar refractivity (Wildman–Crippen MR) is 121 cm³/mol. The summed E-state index contributed by atoms with van der Waals surface area (Å²) in [5.74, 6) is -0.00753. The molecule has 1 heterocycles. The van der Waals surface area contributed by atoms with Crippen LogP contribution in [0.3, 0.4) is 0 Å². The van der Waals surface area contributed by atoms with E-state index in [1.54, 1.807) is 60.7 Å². The van der Waals surface area contributed by atoms with Crippen LogP contribution in [-0.4, -0.2) is 16.8 Å². The van der Waals surface area contributed by atoms with Gasteiger partial charge in [0, 0.05) is 23.3 Å². The third kappa shape index (κ3) is 4.80. The Morgan fingerprint density at radius 2 is 1.84 bits per heavy atom. The number of carbonyl (C=O) groups is 1. The van der Waals surface area contributed by atoms with Gasteiger partial charge in [-0.1, -0.05) is 53.5 Å². The Morgan fingerprint density at radius 1 is 1.03 bits per heavy atom. The highest BCUT2D eigenvalue weighted by Crippen LogP contribution is 2.28. The van der Waals surface area contributed by atoms with Crippen LogP contribution in [0.1, 0.15) is 16.7 Å². The molecule has 1 aliphatic rings. The number of nitrogens with zero attached hydrogens (tertiary/aromatic N) is 2. The van der Waals surface area contributed by atoms with E-state index in [9.17, 15) is 14.9 Å². The van der Waals surface area contributed by atoms with Crippen LogP contribution in [0.25, 0.3) is 6.08 Å². The van der Waals surface area contributed by atoms with E-state index in [-0.39, 0.29) is 23.9 Å². The number of ether oxygens (including phenoxy) is 2. The van der Waals surface area contributed by atoms with Crippen LogP contribution in [-0.2, 0) is 16.1 Å². The van der Waals surface area contributed by atoms with Crippen LogP contribution in [0.4, 0.5) is 5.69 Å². The van der Waals surface area contributed by atoms with Crippen molar-refractivity contribution in [2.75, 3.05) is 0 Å². The average Bonchev–Trinajstić information content (AvgIpc) is 3.15. The molecule has 3 aromatic carbocycles. The summed E-state index contributed by atoms with van der Waals surface area (Å²) in [6.45, 7) is 0.115. The molecule has 160 valence electrons. The molecule has 32 heavy (non-hydrogen) atoms. The number of non-ortho nitro benzene ring substituents is 1. The van der Waals surface area contributed by atoms with E-state index in [1.807, 2.05) is 0 Å². The Labute approximate surface area is 192 Å². The lowest BCUT2D eigenvalue weighted by Crippen LogP contribution is -2.05. The summed E-state index contributed by atoms with van der Waals surface area (Å²) >= 11 is 12.0. The van der Waals surface area contributed by atoms with Gasteiger partial charge < -0.3 is 9.47 Å². The van der Waals surface area contributed by atoms with Crippen LogP contribution in [0, 0.1) is 10.1 Å². The maximum atomic E-state index is 12.3. The van der Waals surface area contributed by atoms with Crippen molar-refractivity contribution in [2.45, 2.75) is 6.61 Å². The number of cyclic esters (lactones) is 1. The molecule has 3 aromatic rings. The minimum Gasteiger partial charge on any atom is -0.488 e. The van der Waals surface area contributed by atoms with Crippen LogP contribution < -0.4 is 4.74 Å².